The fourth-order valence-corrected chi connectivity index (χ4v) is 2.79. The molecule has 0 atom stereocenters. The summed E-state index contributed by atoms with van der Waals surface area (Å²) in [6.45, 7) is 5.21. The predicted molar refractivity (Wildman–Crippen MR) is 118 cm³/mol. The first-order valence-corrected chi connectivity index (χ1v) is 10.2. The van der Waals surface area contributed by atoms with Crippen LogP contribution in [0.4, 0.5) is 20.6 Å². The number of rotatable bonds is 7. The Hall–Kier alpha value is -3.75. The molecule has 0 spiro atoms. The number of nitrogens with zero attached hydrogens (tertiary/aromatic N) is 2. The average molecular weight is 440 g/mol. The predicted octanol–water partition coefficient (Wildman–Crippen LogP) is 5.18. The van der Waals surface area contributed by atoms with Gasteiger partial charge in [-0.25, -0.2) is 9.18 Å². The summed E-state index contributed by atoms with van der Waals surface area (Å²) >= 11 is 0. The molecule has 0 radical (unpaired) electrons. The lowest BCUT2D eigenvalue weighted by Crippen LogP contribution is -2.27. The van der Waals surface area contributed by atoms with E-state index in [0.29, 0.717) is 30.3 Å². The van der Waals surface area contributed by atoms with Crippen LogP contribution >= 0.6 is 0 Å². The fourth-order valence-electron chi connectivity index (χ4n) is 2.79. The van der Waals surface area contributed by atoms with Crippen molar-refractivity contribution in [3.63, 3.8) is 0 Å². The summed E-state index contributed by atoms with van der Waals surface area (Å²) in [6.07, 6.45) is 0.317. The second-order valence-corrected chi connectivity index (χ2v) is 8.09. The molecule has 3 aromatic rings. The maximum atomic E-state index is 14.1. The van der Waals surface area contributed by atoms with E-state index in [4.69, 9.17) is 9.15 Å². The molecule has 0 unspecified atom stereocenters. The molecule has 9 heteroatoms. The van der Waals surface area contributed by atoms with Crippen LogP contribution in [0.3, 0.4) is 0 Å². The van der Waals surface area contributed by atoms with Crippen LogP contribution in [0, 0.1) is 5.82 Å². The molecule has 32 heavy (non-hydrogen) atoms. The zero-order valence-corrected chi connectivity index (χ0v) is 18.1. The molecule has 0 aliphatic carbocycles. The first-order chi connectivity index (χ1) is 15.2. The highest BCUT2D eigenvalue weighted by molar-refractivity contribution is 5.92. The Morgan fingerprint density at radius 1 is 1.06 bits per heavy atom. The molecule has 2 N–H and O–H groups in total. The van der Waals surface area contributed by atoms with Crippen LogP contribution in [-0.2, 0) is 16.0 Å². The average Bonchev–Trinajstić information content (AvgIpc) is 3.19. The Kier molecular flexibility index (Phi) is 7.19. The van der Waals surface area contributed by atoms with Crippen LogP contribution in [0.25, 0.3) is 11.5 Å². The van der Waals surface area contributed by atoms with Crippen LogP contribution in [0.1, 0.15) is 39.5 Å². The van der Waals surface area contributed by atoms with Gasteiger partial charge in [0, 0.05) is 24.1 Å². The summed E-state index contributed by atoms with van der Waals surface area (Å²) in [4.78, 5) is 24.1. The van der Waals surface area contributed by atoms with Crippen molar-refractivity contribution in [1.29, 1.82) is 0 Å². The van der Waals surface area contributed by atoms with Gasteiger partial charge in [0.25, 0.3) is 0 Å². The summed E-state index contributed by atoms with van der Waals surface area (Å²) in [6, 6.07) is 13.3. The first-order valence-electron chi connectivity index (χ1n) is 10.2. The summed E-state index contributed by atoms with van der Waals surface area (Å²) in [5, 5.41) is 13.0. The van der Waals surface area contributed by atoms with Crippen molar-refractivity contribution in [3.05, 3.63) is 60.2 Å². The van der Waals surface area contributed by atoms with E-state index in [1.165, 1.54) is 12.1 Å². The van der Waals surface area contributed by atoms with E-state index in [1.54, 1.807) is 20.8 Å². The molecular formula is C23H25FN4O4. The minimum atomic E-state index is -0.671. The minimum Gasteiger partial charge on any atom is -0.444 e. The van der Waals surface area contributed by atoms with Crippen LogP contribution in [0.5, 0.6) is 0 Å². The third kappa shape index (κ3) is 6.90. The monoisotopic (exact) mass is 440 g/mol. The Balaban J connectivity index is 1.50. The maximum Gasteiger partial charge on any atom is 0.412 e. The van der Waals surface area contributed by atoms with Gasteiger partial charge in [-0.2, -0.15) is 0 Å². The standard InChI is InChI=1S/C23H25FN4O4/c1-23(2,3)32-22(30)25-16-12-13-17(24)18(14-16)26-19(29)10-7-11-20-27-28-21(31-20)15-8-5-4-6-9-15/h4-6,8-9,12-14H,7,10-11H2,1-3H3,(H,25,30)(H,26,29). The number of benzene rings is 2. The Bertz CT molecular complexity index is 1080. The number of aromatic nitrogens is 2. The maximum absolute atomic E-state index is 14.1. The molecule has 2 aromatic carbocycles. The number of aryl methyl sites for hydroxylation is 1. The SMILES string of the molecule is CC(C)(C)OC(=O)Nc1ccc(F)c(NC(=O)CCCc2nnc(-c3ccccc3)o2)c1. The summed E-state index contributed by atoms with van der Waals surface area (Å²) in [5.74, 6) is -0.147. The van der Waals surface area contributed by atoms with Gasteiger partial charge in [0.15, 0.2) is 0 Å². The molecule has 0 aliphatic heterocycles. The Morgan fingerprint density at radius 3 is 2.53 bits per heavy atom. The molecule has 0 saturated heterocycles. The normalized spacial score (nSPS) is 11.1. The van der Waals surface area contributed by atoms with Crippen LogP contribution in [0.15, 0.2) is 52.9 Å². The van der Waals surface area contributed by atoms with Gasteiger partial charge in [0.05, 0.1) is 5.69 Å². The number of nitrogens with one attached hydrogen (secondary N) is 2. The second-order valence-electron chi connectivity index (χ2n) is 8.09. The molecular weight excluding hydrogens is 415 g/mol. The zero-order chi connectivity index (χ0) is 23.1. The third-order valence-corrected chi connectivity index (χ3v) is 4.17. The summed E-state index contributed by atoms with van der Waals surface area (Å²) < 4.78 is 24.9. The highest BCUT2D eigenvalue weighted by Gasteiger charge is 2.17. The lowest BCUT2D eigenvalue weighted by atomic mass is 10.2. The van der Waals surface area contributed by atoms with Crippen LogP contribution in [-0.4, -0.2) is 27.8 Å². The van der Waals surface area contributed by atoms with E-state index < -0.39 is 17.5 Å². The van der Waals surface area contributed by atoms with Gasteiger partial charge >= 0.3 is 6.09 Å². The number of anilines is 2. The number of hydrogen-bond acceptors (Lipinski definition) is 6. The third-order valence-electron chi connectivity index (χ3n) is 4.17. The van der Waals surface area contributed by atoms with Crippen molar-refractivity contribution >= 4 is 23.4 Å². The second kappa shape index (κ2) is 10.0. The van der Waals surface area contributed by atoms with Crippen LogP contribution < -0.4 is 10.6 Å². The lowest BCUT2D eigenvalue weighted by molar-refractivity contribution is -0.116. The quantitative estimate of drug-likeness (QED) is 0.524. The van der Waals surface area contributed by atoms with E-state index >= 15 is 0 Å². The molecule has 0 fully saturated rings. The summed E-state index contributed by atoms with van der Waals surface area (Å²) in [7, 11) is 0. The van der Waals surface area contributed by atoms with Crippen molar-refractivity contribution in [3.8, 4) is 11.5 Å². The molecule has 168 valence electrons. The number of hydrogen-bond donors (Lipinski definition) is 2. The van der Waals surface area contributed by atoms with Crippen molar-refractivity contribution in [1.82, 2.24) is 10.2 Å². The molecule has 1 heterocycles. The number of carbonyl (C=O) groups excluding carboxylic acids is 2. The van der Waals surface area contributed by atoms with Crippen LogP contribution in [0.2, 0.25) is 0 Å². The number of carbonyl (C=O) groups is 2. The lowest BCUT2D eigenvalue weighted by Gasteiger charge is -2.19. The molecule has 3 rings (SSSR count). The van der Waals surface area contributed by atoms with Crippen molar-refractivity contribution in [2.75, 3.05) is 10.6 Å². The topological polar surface area (TPSA) is 106 Å². The van der Waals surface area contributed by atoms with Gasteiger partial charge in [-0.15, -0.1) is 10.2 Å². The van der Waals surface area contributed by atoms with Gasteiger partial charge in [-0.05, 0) is 57.5 Å². The highest BCUT2D eigenvalue weighted by atomic mass is 19.1. The molecule has 1 aromatic heterocycles. The molecule has 0 bridgehead atoms. The van der Waals surface area contributed by atoms with E-state index in [-0.39, 0.29) is 18.0 Å². The largest absolute Gasteiger partial charge is 0.444 e. The molecule has 0 aliphatic rings. The molecule has 8 nitrogen and oxygen atoms in total. The number of halogens is 1. The number of ether oxygens (including phenoxy) is 1. The van der Waals surface area contributed by atoms with Gasteiger partial charge in [0.2, 0.25) is 17.7 Å². The Morgan fingerprint density at radius 2 is 1.81 bits per heavy atom. The molecule has 2 amide bonds. The van der Waals surface area contributed by atoms with E-state index in [2.05, 4.69) is 20.8 Å². The van der Waals surface area contributed by atoms with E-state index in [1.807, 2.05) is 30.3 Å². The summed E-state index contributed by atoms with van der Waals surface area (Å²) in [5.41, 5.74) is 0.420. The highest BCUT2D eigenvalue weighted by Crippen LogP contribution is 2.21. The first kappa shape index (κ1) is 22.9. The Labute approximate surface area is 185 Å². The van der Waals surface area contributed by atoms with Gasteiger partial charge in [-0.3, -0.25) is 10.1 Å². The number of amides is 2. The van der Waals surface area contributed by atoms with E-state index in [9.17, 15) is 14.0 Å². The van der Waals surface area contributed by atoms with E-state index in [0.717, 1.165) is 11.6 Å². The van der Waals surface area contributed by atoms with Crippen molar-refractivity contribution in [2.24, 2.45) is 0 Å². The van der Waals surface area contributed by atoms with Crippen molar-refractivity contribution < 1.29 is 23.1 Å². The fraction of sp³-hybridized carbons (Fsp3) is 0.304. The minimum absolute atomic E-state index is 0.0345. The van der Waals surface area contributed by atoms with Gasteiger partial charge < -0.3 is 14.5 Å². The smallest absolute Gasteiger partial charge is 0.412 e. The van der Waals surface area contributed by atoms with Crippen molar-refractivity contribution in [2.45, 2.75) is 45.6 Å². The van der Waals surface area contributed by atoms with Gasteiger partial charge in [-0.1, -0.05) is 18.2 Å². The van der Waals surface area contributed by atoms with Gasteiger partial charge in [0.1, 0.15) is 11.4 Å². The molecule has 0 saturated carbocycles. The zero-order valence-electron chi connectivity index (χ0n) is 18.1.